The molecule has 0 saturated carbocycles. The third-order valence-corrected chi connectivity index (χ3v) is 2.91. The van der Waals surface area contributed by atoms with Crippen LogP contribution in [-0.2, 0) is 0 Å². The lowest BCUT2D eigenvalue weighted by molar-refractivity contribution is 0.628. The van der Waals surface area contributed by atoms with E-state index in [0.717, 1.165) is 11.1 Å². The van der Waals surface area contributed by atoms with E-state index in [2.05, 4.69) is 0 Å². The summed E-state index contributed by atoms with van der Waals surface area (Å²) >= 11 is 11.9. The lowest BCUT2D eigenvalue weighted by atomic mass is 10.0. The van der Waals surface area contributed by atoms with Crippen LogP contribution in [0.25, 0.3) is 11.1 Å². The Balaban J connectivity index is 2.67. The molecule has 0 unspecified atom stereocenters. The van der Waals surface area contributed by atoms with Gasteiger partial charge in [0.15, 0.2) is 0 Å². The standard InChI is InChI=1S/C13H9Cl2F/c1-8-3-2-4-12(15)13(8)9-5-10(14)7-11(16)6-9/h2-7H,1H3. The van der Waals surface area contributed by atoms with Crippen LogP contribution in [0.4, 0.5) is 4.39 Å². The summed E-state index contributed by atoms with van der Waals surface area (Å²) in [5, 5.41) is 0.969. The third-order valence-electron chi connectivity index (χ3n) is 2.37. The van der Waals surface area contributed by atoms with Crippen molar-refractivity contribution in [2.45, 2.75) is 6.92 Å². The average Bonchev–Trinajstić information content (AvgIpc) is 2.15. The topological polar surface area (TPSA) is 0 Å². The summed E-state index contributed by atoms with van der Waals surface area (Å²) in [7, 11) is 0. The lowest BCUT2D eigenvalue weighted by Crippen LogP contribution is -1.86. The molecule has 2 aromatic carbocycles. The molecular formula is C13H9Cl2F. The summed E-state index contributed by atoms with van der Waals surface area (Å²) in [6, 6.07) is 9.99. The second-order valence-corrected chi connectivity index (χ2v) is 4.43. The quantitative estimate of drug-likeness (QED) is 0.664. The predicted octanol–water partition coefficient (Wildman–Crippen LogP) is 5.11. The van der Waals surface area contributed by atoms with Crippen LogP contribution in [-0.4, -0.2) is 0 Å². The van der Waals surface area contributed by atoms with Gasteiger partial charge in [-0.3, -0.25) is 0 Å². The Kier molecular flexibility index (Phi) is 3.17. The largest absolute Gasteiger partial charge is 0.207 e. The van der Waals surface area contributed by atoms with Crippen molar-refractivity contribution >= 4 is 23.2 Å². The normalized spacial score (nSPS) is 10.5. The highest BCUT2D eigenvalue weighted by molar-refractivity contribution is 6.34. The molecule has 0 bridgehead atoms. The van der Waals surface area contributed by atoms with Crippen LogP contribution in [0.5, 0.6) is 0 Å². The Labute approximate surface area is 104 Å². The van der Waals surface area contributed by atoms with E-state index in [0.29, 0.717) is 15.6 Å². The number of hydrogen-bond donors (Lipinski definition) is 0. The van der Waals surface area contributed by atoms with Crippen molar-refractivity contribution < 1.29 is 4.39 Å². The number of benzene rings is 2. The number of rotatable bonds is 1. The van der Waals surface area contributed by atoms with Crippen LogP contribution in [0.15, 0.2) is 36.4 Å². The maximum Gasteiger partial charge on any atom is 0.125 e. The fourth-order valence-electron chi connectivity index (χ4n) is 1.70. The molecule has 0 nitrogen and oxygen atoms in total. The van der Waals surface area contributed by atoms with Crippen molar-refractivity contribution in [2.75, 3.05) is 0 Å². The van der Waals surface area contributed by atoms with Gasteiger partial charge in [0.25, 0.3) is 0 Å². The van der Waals surface area contributed by atoms with Crippen LogP contribution in [0.3, 0.4) is 0 Å². The maximum absolute atomic E-state index is 13.2. The van der Waals surface area contributed by atoms with E-state index < -0.39 is 0 Å². The minimum absolute atomic E-state index is 0.359. The second-order valence-electron chi connectivity index (χ2n) is 3.59. The Bertz CT molecular complexity index is 495. The summed E-state index contributed by atoms with van der Waals surface area (Å²) in [6.45, 7) is 1.93. The molecule has 0 fully saturated rings. The molecule has 0 radical (unpaired) electrons. The first-order chi connectivity index (χ1) is 7.58. The zero-order valence-corrected chi connectivity index (χ0v) is 10.1. The number of halogens is 3. The Morgan fingerprint density at radius 2 is 1.81 bits per heavy atom. The molecule has 0 N–H and O–H groups in total. The SMILES string of the molecule is Cc1cccc(Cl)c1-c1cc(F)cc(Cl)c1. The van der Waals surface area contributed by atoms with Gasteiger partial charge in [-0.1, -0.05) is 35.3 Å². The van der Waals surface area contributed by atoms with Crippen LogP contribution >= 0.6 is 23.2 Å². The molecule has 0 aliphatic carbocycles. The highest BCUT2D eigenvalue weighted by Crippen LogP contribution is 2.32. The zero-order chi connectivity index (χ0) is 11.7. The van der Waals surface area contributed by atoms with Gasteiger partial charge in [-0.25, -0.2) is 4.39 Å². The maximum atomic E-state index is 13.2. The summed E-state index contributed by atoms with van der Waals surface area (Å²) in [5.41, 5.74) is 2.52. The minimum atomic E-state index is -0.359. The summed E-state index contributed by atoms with van der Waals surface area (Å²) in [4.78, 5) is 0. The number of aryl methyl sites for hydroxylation is 1. The van der Waals surface area contributed by atoms with E-state index in [4.69, 9.17) is 23.2 Å². The van der Waals surface area contributed by atoms with Crippen LogP contribution in [0.1, 0.15) is 5.56 Å². The predicted molar refractivity (Wildman–Crippen MR) is 66.6 cm³/mol. The fourth-order valence-corrected chi connectivity index (χ4v) is 2.25. The first-order valence-electron chi connectivity index (χ1n) is 4.79. The highest BCUT2D eigenvalue weighted by atomic mass is 35.5. The molecule has 0 spiro atoms. The molecule has 3 heteroatoms. The van der Waals surface area contributed by atoms with Gasteiger partial charge in [0.1, 0.15) is 5.82 Å². The monoisotopic (exact) mass is 254 g/mol. The molecule has 0 atom stereocenters. The van der Waals surface area contributed by atoms with Crippen molar-refractivity contribution in [3.8, 4) is 11.1 Å². The van der Waals surface area contributed by atoms with Crippen LogP contribution < -0.4 is 0 Å². The van der Waals surface area contributed by atoms with E-state index in [1.807, 2.05) is 19.1 Å². The van der Waals surface area contributed by atoms with Gasteiger partial charge >= 0.3 is 0 Å². The first-order valence-corrected chi connectivity index (χ1v) is 5.55. The van der Waals surface area contributed by atoms with Crippen LogP contribution in [0, 0.1) is 12.7 Å². The fraction of sp³-hybridized carbons (Fsp3) is 0.0769. The van der Waals surface area contributed by atoms with Crippen molar-refractivity contribution in [3.05, 3.63) is 57.8 Å². The van der Waals surface area contributed by atoms with Gasteiger partial charge in [0.05, 0.1) is 0 Å². The van der Waals surface area contributed by atoms with Gasteiger partial charge in [-0.05, 0) is 42.3 Å². The molecular weight excluding hydrogens is 246 g/mol. The molecule has 2 aromatic rings. The van der Waals surface area contributed by atoms with Crippen molar-refractivity contribution in [1.29, 1.82) is 0 Å². The summed E-state index contributed by atoms with van der Waals surface area (Å²) < 4.78 is 13.2. The van der Waals surface area contributed by atoms with E-state index in [-0.39, 0.29) is 5.82 Å². The average molecular weight is 255 g/mol. The Hall–Kier alpha value is -1.05. The van der Waals surface area contributed by atoms with Gasteiger partial charge < -0.3 is 0 Å². The Morgan fingerprint density at radius 1 is 1.06 bits per heavy atom. The molecule has 2 rings (SSSR count). The van der Waals surface area contributed by atoms with Gasteiger partial charge in [-0.15, -0.1) is 0 Å². The Morgan fingerprint density at radius 3 is 2.44 bits per heavy atom. The molecule has 0 saturated heterocycles. The van der Waals surface area contributed by atoms with E-state index >= 15 is 0 Å². The van der Waals surface area contributed by atoms with Crippen LogP contribution in [0.2, 0.25) is 10.0 Å². The van der Waals surface area contributed by atoms with E-state index in [1.54, 1.807) is 12.1 Å². The van der Waals surface area contributed by atoms with E-state index in [1.165, 1.54) is 12.1 Å². The van der Waals surface area contributed by atoms with Crippen molar-refractivity contribution in [1.82, 2.24) is 0 Å². The van der Waals surface area contributed by atoms with Gasteiger partial charge in [-0.2, -0.15) is 0 Å². The smallest absolute Gasteiger partial charge is 0.125 e. The summed E-state index contributed by atoms with van der Waals surface area (Å²) in [5.74, 6) is -0.359. The minimum Gasteiger partial charge on any atom is -0.207 e. The molecule has 0 heterocycles. The summed E-state index contributed by atoms with van der Waals surface area (Å²) in [6.07, 6.45) is 0. The molecule has 0 aliphatic rings. The van der Waals surface area contributed by atoms with Gasteiger partial charge in [0.2, 0.25) is 0 Å². The molecule has 0 aromatic heterocycles. The molecule has 16 heavy (non-hydrogen) atoms. The molecule has 82 valence electrons. The second kappa shape index (κ2) is 4.44. The number of hydrogen-bond acceptors (Lipinski definition) is 0. The lowest BCUT2D eigenvalue weighted by Gasteiger charge is -2.09. The van der Waals surface area contributed by atoms with E-state index in [9.17, 15) is 4.39 Å². The van der Waals surface area contributed by atoms with Gasteiger partial charge in [0, 0.05) is 15.6 Å². The van der Waals surface area contributed by atoms with Crippen molar-refractivity contribution in [2.24, 2.45) is 0 Å². The first kappa shape index (κ1) is 11.4. The highest BCUT2D eigenvalue weighted by Gasteiger charge is 2.08. The third kappa shape index (κ3) is 2.21. The molecule has 0 amide bonds. The molecule has 0 aliphatic heterocycles. The zero-order valence-electron chi connectivity index (χ0n) is 8.60. The van der Waals surface area contributed by atoms with Crippen molar-refractivity contribution in [3.63, 3.8) is 0 Å².